The maximum atomic E-state index is 12.9. The summed E-state index contributed by atoms with van der Waals surface area (Å²) in [5, 5.41) is 10.8. The Labute approximate surface area is 177 Å². The Kier molecular flexibility index (Phi) is 4.68. The number of ketones is 1. The van der Waals surface area contributed by atoms with Crippen LogP contribution in [0.25, 0.3) is 6.08 Å². The fourth-order valence-electron chi connectivity index (χ4n) is 3.67. The Morgan fingerprint density at radius 1 is 1.13 bits per heavy atom. The van der Waals surface area contributed by atoms with Crippen molar-refractivity contribution in [1.29, 1.82) is 0 Å². The van der Waals surface area contributed by atoms with Crippen LogP contribution in [0, 0.1) is 10.1 Å². The molecule has 8 heteroatoms. The van der Waals surface area contributed by atoms with Crippen LogP contribution in [-0.4, -0.2) is 27.3 Å². The zero-order valence-corrected chi connectivity index (χ0v) is 16.4. The van der Waals surface area contributed by atoms with E-state index >= 15 is 0 Å². The highest BCUT2D eigenvalue weighted by Crippen LogP contribution is 2.42. The number of hydrogen-bond donors (Lipinski definition) is 0. The normalized spacial score (nSPS) is 16.4. The highest BCUT2D eigenvalue weighted by Gasteiger charge is 2.33. The summed E-state index contributed by atoms with van der Waals surface area (Å²) in [6.07, 6.45) is 3.34. The molecule has 0 amide bonds. The second-order valence-electron chi connectivity index (χ2n) is 7.29. The van der Waals surface area contributed by atoms with Gasteiger partial charge in [0, 0.05) is 31.4 Å². The minimum Gasteiger partial charge on any atom is -0.478 e. The molecule has 0 aliphatic carbocycles. The number of ether oxygens (including phenoxy) is 2. The highest BCUT2D eigenvalue weighted by atomic mass is 16.6. The smallest absolute Gasteiger partial charge is 0.269 e. The molecule has 1 aromatic heterocycles. The summed E-state index contributed by atoms with van der Waals surface area (Å²) in [5.41, 5.74) is 2.86. The van der Waals surface area contributed by atoms with E-state index < -0.39 is 4.92 Å². The molecule has 0 saturated heterocycles. The van der Waals surface area contributed by atoms with E-state index in [9.17, 15) is 14.9 Å². The standard InChI is InChI=1S/C23H17N3O5/c27-22-18-8-9-20-19(13-25(14-30-20)12-16-3-1-2-10-24-16)23(18)31-21(22)11-15-4-6-17(7-5-15)26(28)29/h1-11H,12-14H2/b21-11-. The van der Waals surface area contributed by atoms with E-state index in [2.05, 4.69) is 9.88 Å². The molecule has 0 atom stereocenters. The summed E-state index contributed by atoms with van der Waals surface area (Å²) in [4.78, 5) is 29.7. The summed E-state index contributed by atoms with van der Waals surface area (Å²) in [6, 6.07) is 15.2. The number of allylic oxidation sites excluding steroid dienone is 1. The number of non-ortho nitro benzene ring substituents is 1. The van der Waals surface area contributed by atoms with Crippen LogP contribution >= 0.6 is 0 Å². The van der Waals surface area contributed by atoms with Gasteiger partial charge < -0.3 is 9.47 Å². The average Bonchev–Trinajstić information content (AvgIpc) is 3.10. The van der Waals surface area contributed by atoms with Gasteiger partial charge in [-0.3, -0.25) is 24.8 Å². The van der Waals surface area contributed by atoms with Crippen LogP contribution < -0.4 is 9.47 Å². The van der Waals surface area contributed by atoms with Crippen LogP contribution in [0.3, 0.4) is 0 Å². The van der Waals surface area contributed by atoms with Gasteiger partial charge >= 0.3 is 0 Å². The lowest BCUT2D eigenvalue weighted by Gasteiger charge is -2.29. The van der Waals surface area contributed by atoms with E-state index in [0.29, 0.717) is 42.4 Å². The molecule has 0 radical (unpaired) electrons. The van der Waals surface area contributed by atoms with Crippen molar-refractivity contribution in [2.75, 3.05) is 6.73 Å². The molecule has 5 rings (SSSR count). The number of nitrogens with zero attached hydrogens (tertiary/aromatic N) is 3. The maximum absolute atomic E-state index is 12.9. The lowest BCUT2D eigenvalue weighted by Crippen LogP contribution is -2.32. The number of carbonyl (C=O) groups is 1. The largest absolute Gasteiger partial charge is 0.478 e. The molecule has 0 saturated carbocycles. The van der Waals surface area contributed by atoms with Crippen LogP contribution in [0.1, 0.15) is 27.2 Å². The molecule has 0 N–H and O–H groups in total. The summed E-state index contributed by atoms with van der Waals surface area (Å²) < 4.78 is 11.8. The molecule has 0 spiro atoms. The number of nitro benzene ring substituents is 1. The van der Waals surface area contributed by atoms with Crippen molar-refractivity contribution in [3.63, 3.8) is 0 Å². The third-order valence-electron chi connectivity index (χ3n) is 5.20. The first-order valence-electron chi connectivity index (χ1n) is 9.68. The molecule has 3 aromatic rings. The van der Waals surface area contributed by atoms with E-state index in [1.165, 1.54) is 12.1 Å². The number of aromatic nitrogens is 1. The zero-order valence-electron chi connectivity index (χ0n) is 16.4. The van der Waals surface area contributed by atoms with Gasteiger partial charge in [-0.25, -0.2) is 0 Å². The summed E-state index contributed by atoms with van der Waals surface area (Å²) in [7, 11) is 0. The molecular weight excluding hydrogens is 398 g/mol. The van der Waals surface area contributed by atoms with Gasteiger partial charge in [0.25, 0.3) is 5.69 Å². The molecule has 2 aromatic carbocycles. The van der Waals surface area contributed by atoms with E-state index in [1.807, 2.05) is 18.2 Å². The van der Waals surface area contributed by atoms with Crippen LogP contribution in [0.5, 0.6) is 11.5 Å². The topological polar surface area (TPSA) is 94.8 Å². The van der Waals surface area contributed by atoms with Gasteiger partial charge in [-0.2, -0.15) is 0 Å². The Hall–Kier alpha value is -4.04. The van der Waals surface area contributed by atoms with Crippen molar-refractivity contribution in [1.82, 2.24) is 9.88 Å². The molecule has 2 aliphatic rings. The van der Waals surface area contributed by atoms with Gasteiger partial charge in [0.2, 0.25) is 5.78 Å². The van der Waals surface area contributed by atoms with Gasteiger partial charge in [0.05, 0.1) is 21.7 Å². The van der Waals surface area contributed by atoms with Gasteiger partial charge in [0.15, 0.2) is 5.76 Å². The quantitative estimate of drug-likeness (QED) is 0.362. The van der Waals surface area contributed by atoms with E-state index in [1.54, 1.807) is 36.5 Å². The minimum absolute atomic E-state index is 0.0108. The predicted octanol–water partition coefficient (Wildman–Crippen LogP) is 3.96. The second kappa shape index (κ2) is 7.66. The van der Waals surface area contributed by atoms with E-state index in [4.69, 9.17) is 9.47 Å². The zero-order chi connectivity index (χ0) is 21.4. The molecule has 154 valence electrons. The molecule has 0 fully saturated rings. The molecule has 0 bridgehead atoms. The van der Waals surface area contributed by atoms with E-state index in [-0.39, 0.29) is 17.2 Å². The Bertz CT molecular complexity index is 1210. The molecule has 3 heterocycles. The molecule has 8 nitrogen and oxygen atoms in total. The lowest BCUT2D eigenvalue weighted by molar-refractivity contribution is -0.384. The number of Topliss-reactive ketones (excluding diaryl/α,β-unsaturated/α-hetero) is 1. The van der Waals surface area contributed by atoms with Gasteiger partial charge in [0.1, 0.15) is 18.2 Å². The third-order valence-corrected chi connectivity index (χ3v) is 5.20. The van der Waals surface area contributed by atoms with Gasteiger partial charge in [-0.15, -0.1) is 0 Å². The Morgan fingerprint density at radius 3 is 2.71 bits per heavy atom. The van der Waals surface area contributed by atoms with Gasteiger partial charge in [-0.05, 0) is 48.0 Å². The van der Waals surface area contributed by atoms with Crippen LogP contribution in [0.4, 0.5) is 5.69 Å². The number of fused-ring (bicyclic) bond motifs is 3. The monoisotopic (exact) mass is 415 g/mol. The minimum atomic E-state index is -0.465. The van der Waals surface area contributed by atoms with Crippen molar-refractivity contribution in [2.45, 2.75) is 13.1 Å². The van der Waals surface area contributed by atoms with Crippen molar-refractivity contribution in [2.24, 2.45) is 0 Å². The highest BCUT2D eigenvalue weighted by molar-refractivity contribution is 6.15. The molecule has 31 heavy (non-hydrogen) atoms. The first-order chi connectivity index (χ1) is 15.1. The second-order valence-corrected chi connectivity index (χ2v) is 7.29. The number of pyridine rings is 1. The summed E-state index contributed by atoms with van der Waals surface area (Å²) in [5.74, 6) is 1.15. The van der Waals surface area contributed by atoms with Crippen molar-refractivity contribution < 1.29 is 19.2 Å². The number of nitro groups is 1. The SMILES string of the molecule is O=C1/C(=C/c2ccc([N+](=O)[O-])cc2)Oc2c1ccc1c2CN(Cc2ccccn2)CO1. The number of hydrogen-bond acceptors (Lipinski definition) is 7. The first kappa shape index (κ1) is 19.0. The first-order valence-corrected chi connectivity index (χ1v) is 9.68. The molecular formula is C23H17N3O5. The molecule has 0 unspecified atom stereocenters. The fraction of sp³-hybridized carbons (Fsp3) is 0.130. The number of benzene rings is 2. The predicted molar refractivity (Wildman–Crippen MR) is 111 cm³/mol. The maximum Gasteiger partial charge on any atom is 0.269 e. The van der Waals surface area contributed by atoms with Gasteiger partial charge in [-0.1, -0.05) is 6.07 Å². The summed E-state index contributed by atoms with van der Waals surface area (Å²) in [6.45, 7) is 1.60. The third kappa shape index (κ3) is 3.64. The fourth-order valence-corrected chi connectivity index (χ4v) is 3.67. The van der Waals surface area contributed by atoms with Crippen molar-refractivity contribution in [3.05, 3.63) is 99.1 Å². The summed E-state index contributed by atoms with van der Waals surface area (Å²) >= 11 is 0. The Balaban J connectivity index is 1.41. The molecule has 2 aliphatic heterocycles. The van der Waals surface area contributed by atoms with Crippen molar-refractivity contribution >= 4 is 17.5 Å². The van der Waals surface area contributed by atoms with Crippen LogP contribution in [-0.2, 0) is 13.1 Å². The number of rotatable bonds is 4. The van der Waals surface area contributed by atoms with E-state index in [0.717, 1.165) is 11.3 Å². The Morgan fingerprint density at radius 2 is 1.97 bits per heavy atom. The average molecular weight is 415 g/mol. The van der Waals surface area contributed by atoms with Crippen LogP contribution in [0.15, 0.2) is 66.6 Å². The lowest BCUT2D eigenvalue weighted by atomic mass is 10.0. The van der Waals surface area contributed by atoms with Crippen LogP contribution in [0.2, 0.25) is 0 Å². The number of carbonyl (C=O) groups excluding carboxylic acids is 1. The van der Waals surface area contributed by atoms with Crippen molar-refractivity contribution in [3.8, 4) is 11.5 Å².